The van der Waals surface area contributed by atoms with Crippen molar-refractivity contribution >= 4 is 10.0 Å². The Bertz CT molecular complexity index is 948. The average molecular weight is 507 g/mol. The van der Waals surface area contributed by atoms with Gasteiger partial charge >= 0.3 is 0 Å². The Morgan fingerprint density at radius 2 is 1.91 bits per heavy atom. The van der Waals surface area contributed by atoms with E-state index >= 15 is 0 Å². The molecule has 5 nitrogen and oxygen atoms in total. The molecule has 0 aromatic rings. The molecule has 3 aliphatic carbocycles. The zero-order chi connectivity index (χ0) is 25.2. The molecule has 0 aromatic heterocycles. The predicted octanol–water partition coefficient (Wildman–Crippen LogP) is 5.42. The molecule has 0 unspecified atom stereocenters. The normalized spacial score (nSPS) is 48.6. The Morgan fingerprint density at radius 1 is 1.14 bits per heavy atom. The summed E-state index contributed by atoms with van der Waals surface area (Å²) in [5.41, 5.74) is 3.71. The molecule has 1 spiro atoms. The Kier molecular flexibility index (Phi) is 7.03. The summed E-state index contributed by atoms with van der Waals surface area (Å²) in [7, 11) is -3.14. The highest BCUT2D eigenvalue weighted by atomic mass is 32.2. The fourth-order valence-corrected chi connectivity index (χ4v) is 10.1. The lowest BCUT2D eigenvalue weighted by Gasteiger charge is -2.48. The molecule has 5 rings (SSSR count). The van der Waals surface area contributed by atoms with Gasteiger partial charge in [-0.05, 0) is 100 Å². The summed E-state index contributed by atoms with van der Waals surface area (Å²) in [6, 6.07) is 0.631. The van der Waals surface area contributed by atoms with Gasteiger partial charge in [-0.2, -0.15) is 0 Å². The van der Waals surface area contributed by atoms with Gasteiger partial charge in [0.25, 0.3) is 0 Å². The highest BCUT2D eigenvalue weighted by Gasteiger charge is 2.56. The molecule has 2 aliphatic heterocycles. The number of rotatable bonds is 4. The predicted molar refractivity (Wildman–Crippen MR) is 143 cm³/mol. The van der Waals surface area contributed by atoms with Crippen molar-refractivity contribution in [1.82, 2.24) is 10.0 Å². The van der Waals surface area contributed by atoms with Gasteiger partial charge in [0.05, 0.1) is 18.0 Å². The topological polar surface area (TPSA) is 67.4 Å². The van der Waals surface area contributed by atoms with Crippen LogP contribution in [0.5, 0.6) is 0 Å². The van der Waals surface area contributed by atoms with Crippen LogP contribution in [0.25, 0.3) is 0 Å². The van der Waals surface area contributed by atoms with Crippen LogP contribution in [0.15, 0.2) is 11.1 Å². The lowest BCUT2D eigenvalue weighted by Crippen LogP contribution is -2.48. The van der Waals surface area contributed by atoms with Crippen LogP contribution in [0.1, 0.15) is 98.8 Å². The largest absolute Gasteiger partial charge is 0.369 e. The molecule has 4 fully saturated rings. The maximum Gasteiger partial charge on any atom is 0.208 e. The second-order valence-corrected chi connectivity index (χ2v) is 15.4. The molecule has 10 atom stereocenters. The van der Waals surface area contributed by atoms with Gasteiger partial charge in [0.1, 0.15) is 0 Å². The first-order valence-corrected chi connectivity index (χ1v) is 16.4. The van der Waals surface area contributed by atoms with E-state index in [2.05, 4.69) is 44.7 Å². The van der Waals surface area contributed by atoms with Crippen LogP contribution in [0.2, 0.25) is 0 Å². The number of piperidine rings is 1. The number of nitrogens with one attached hydrogen (secondary N) is 2. The van der Waals surface area contributed by atoms with Gasteiger partial charge in [-0.1, -0.05) is 45.3 Å². The van der Waals surface area contributed by atoms with Crippen molar-refractivity contribution in [2.45, 2.75) is 123 Å². The maximum absolute atomic E-state index is 11.8. The Morgan fingerprint density at radius 3 is 2.63 bits per heavy atom. The van der Waals surface area contributed by atoms with E-state index in [9.17, 15) is 8.42 Å². The van der Waals surface area contributed by atoms with E-state index in [0.29, 0.717) is 41.2 Å². The second-order valence-electron chi connectivity index (χ2n) is 13.6. The monoisotopic (exact) mass is 506 g/mol. The lowest BCUT2D eigenvalue weighted by molar-refractivity contribution is -0.0713. The summed E-state index contributed by atoms with van der Waals surface area (Å²) in [5.74, 6) is 3.31. The van der Waals surface area contributed by atoms with Crippen molar-refractivity contribution in [3.05, 3.63) is 11.1 Å². The third kappa shape index (κ3) is 4.79. The quantitative estimate of drug-likeness (QED) is 0.500. The molecule has 6 heteroatoms. The number of hydrogen-bond acceptors (Lipinski definition) is 4. The van der Waals surface area contributed by atoms with Gasteiger partial charge in [-0.15, -0.1) is 0 Å². The zero-order valence-corrected chi connectivity index (χ0v) is 23.8. The van der Waals surface area contributed by atoms with Crippen molar-refractivity contribution in [1.29, 1.82) is 0 Å². The Labute approximate surface area is 214 Å². The van der Waals surface area contributed by atoms with Crippen molar-refractivity contribution in [3.63, 3.8) is 0 Å². The number of allylic oxidation sites excluding steroid dienone is 1. The van der Waals surface area contributed by atoms with Crippen molar-refractivity contribution in [2.75, 3.05) is 12.8 Å². The van der Waals surface area contributed by atoms with Crippen LogP contribution in [-0.4, -0.2) is 45.0 Å². The van der Waals surface area contributed by atoms with Crippen LogP contribution in [0.4, 0.5) is 0 Å². The standard InChI is InChI=1S/C29H50N2O3S/c1-7-22-14-24(31-35(6,32)33)9-10-28(22,5)23-13-21-8-11-29(16-19(3)25(21)15-23)20(4)27-26(34-29)12-18(2)17-30-27/h18,20-24,26-27,30-31H,7-17H2,1-6H3/t18-,20+,21-,22+,23+,24+,26+,27-,28-,29-/m0/s1. The molecule has 2 saturated heterocycles. The van der Waals surface area contributed by atoms with E-state index in [-0.39, 0.29) is 11.6 Å². The molecular formula is C29H50N2O3S. The van der Waals surface area contributed by atoms with Gasteiger partial charge in [-0.3, -0.25) is 0 Å². The number of fused-ring (bicyclic) bond motifs is 2. The Hall–Kier alpha value is -0.430. The second kappa shape index (κ2) is 9.39. The fraction of sp³-hybridized carbons (Fsp3) is 0.931. The van der Waals surface area contributed by atoms with Crippen LogP contribution >= 0.6 is 0 Å². The summed E-state index contributed by atoms with van der Waals surface area (Å²) in [6.45, 7) is 13.2. The molecule has 2 N–H and O–H groups in total. The highest BCUT2D eigenvalue weighted by molar-refractivity contribution is 7.88. The first-order chi connectivity index (χ1) is 16.4. The van der Waals surface area contributed by atoms with Gasteiger partial charge in [0, 0.05) is 18.0 Å². The first-order valence-electron chi connectivity index (χ1n) is 14.5. The SMILES string of the molecule is CC[C@@H]1C[C@H](NS(C)(=O)=O)CC[C@]1(C)[C@H]1CC2=C(C)C[C@]3(CC[C@H]2C1)O[C@@H]1C[C@H](C)CN[C@H]1[C@H]3C. The summed E-state index contributed by atoms with van der Waals surface area (Å²) in [5, 5.41) is 3.84. The number of hydrogen-bond donors (Lipinski definition) is 2. The van der Waals surface area contributed by atoms with Crippen LogP contribution in [0.3, 0.4) is 0 Å². The number of sulfonamides is 1. The fourth-order valence-electron chi connectivity index (χ4n) is 9.33. The van der Waals surface area contributed by atoms with E-state index < -0.39 is 10.0 Å². The molecule has 0 radical (unpaired) electrons. The average Bonchev–Trinajstić information content (AvgIpc) is 3.29. The number of ether oxygens (including phenoxy) is 1. The molecule has 35 heavy (non-hydrogen) atoms. The maximum atomic E-state index is 11.8. The highest BCUT2D eigenvalue weighted by Crippen LogP contribution is 2.59. The minimum absolute atomic E-state index is 0.0224. The molecular weight excluding hydrogens is 456 g/mol. The third-order valence-corrected chi connectivity index (χ3v) is 12.1. The van der Waals surface area contributed by atoms with Crippen LogP contribution in [0, 0.1) is 35.0 Å². The van der Waals surface area contributed by atoms with E-state index in [1.807, 2.05) is 0 Å². The summed E-state index contributed by atoms with van der Waals surface area (Å²) < 4.78 is 33.6. The lowest BCUT2D eigenvalue weighted by atomic mass is 9.58. The third-order valence-electron chi connectivity index (χ3n) is 11.4. The van der Waals surface area contributed by atoms with Gasteiger partial charge in [-0.25, -0.2) is 13.1 Å². The zero-order valence-electron chi connectivity index (χ0n) is 23.0. The van der Waals surface area contributed by atoms with E-state index in [1.54, 1.807) is 11.1 Å². The van der Waals surface area contributed by atoms with E-state index in [0.717, 1.165) is 44.6 Å². The van der Waals surface area contributed by atoms with Crippen LogP contribution in [-0.2, 0) is 14.8 Å². The van der Waals surface area contributed by atoms with Gasteiger partial charge in [0.2, 0.25) is 10.0 Å². The van der Waals surface area contributed by atoms with E-state index in [4.69, 9.17) is 4.74 Å². The summed E-state index contributed by atoms with van der Waals surface area (Å²) in [4.78, 5) is 0. The van der Waals surface area contributed by atoms with Crippen molar-refractivity contribution < 1.29 is 13.2 Å². The molecule has 0 aromatic carbocycles. The molecule has 200 valence electrons. The minimum atomic E-state index is -3.14. The molecule has 0 bridgehead atoms. The van der Waals surface area contributed by atoms with Gasteiger partial charge in [0.15, 0.2) is 0 Å². The molecule has 2 saturated carbocycles. The first kappa shape index (κ1) is 26.2. The van der Waals surface area contributed by atoms with Crippen molar-refractivity contribution in [3.8, 4) is 0 Å². The molecule has 5 aliphatic rings. The summed E-state index contributed by atoms with van der Waals surface area (Å²) >= 11 is 0. The smallest absolute Gasteiger partial charge is 0.208 e. The van der Waals surface area contributed by atoms with Gasteiger partial charge < -0.3 is 10.1 Å². The van der Waals surface area contributed by atoms with E-state index in [1.165, 1.54) is 38.4 Å². The summed E-state index contributed by atoms with van der Waals surface area (Å²) in [6.07, 6.45) is 13.3. The molecule has 2 heterocycles. The minimum Gasteiger partial charge on any atom is -0.369 e. The van der Waals surface area contributed by atoms with Crippen LogP contribution < -0.4 is 10.0 Å². The Balaban J connectivity index is 1.31. The molecule has 0 amide bonds. The van der Waals surface area contributed by atoms with Crippen molar-refractivity contribution in [2.24, 2.45) is 35.0 Å².